The SMILES string of the molecule is CSc1nccc(N2CCCN(C(=O)c3ccc(Cl)cn3)CC2)n1. The third-order valence-corrected chi connectivity index (χ3v) is 4.64. The molecule has 0 unspecified atom stereocenters. The van der Waals surface area contributed by atoms with E-state index in [0.717, 1.165) is 30.5 Å². The summed E-state index contributed by atoms with van der Waals surface area (Å²) in [7, 11) is 0. The zero-order chi connectivity index (χ0) is 16.9. The lowest BCUT2D eigenvalue weighted by Gasteiger charge is -2.22. The van der Waals surface area contributed by atoms with Crippen molar-refractivity contribution < 1.29 is 4.79 Å². The second kappa shape index (κ2) is 7.81. The van der Waals surface area contributed by atoms with Gasteiger partial charge < -0.3 is 9.80 Å². The smallest absolute Gasteiger partial charge is 0.272 e. The van der Waals surface area contributed by atoms with E-state index in [1.54, 1.807) is 18.3 Å². The third-order valence-electron chi connectivity index (χ3n) is 3.85. The second-order valence-corrected chi connectivity index (χ2v) is 6.61. The molecule has 1 saturated heterocycles. The molecule has 1 aliphatic heterocycles. The predicted molar refractivity (Wildman–Crippen MR) is 95.8 cm³/mol. The van der Waals surface area contributed by atoms with E-state index in [0.29, 0.717) is 23.8 Å². The Kier molecular flexibility index (Phi) is 5.52. The number of hydrogen-bond donors (Lipinski definition) is 0. The zero-order valence-electron chi connectivity index (χ0n) is 13.4. The number of carbonyl (C=O) groups is 1. The maximum absolute atomic E-state index is 12.6. The minimum absolute atomic E-state index is 0.0546. The minimum Gasteiger partial charge on any atom is -0.355 e. The minimum atomic E-state index is -0.0546. The first-order valence-electron chi connectivity index (χ1n) is 7.70. The van der Waals surface area contributed by atoms with Crippen LogP contribution in [0.2, 0.25) is 5.02 Å². The van der Waals surface area contributed by atoms with Crippen LogP contribution in [0, 0.1) is 0 Å². The van der Waals surface area contributed by atoms with Crippen LogP contribution >= 0.6 is 23.4 Å². The van der Waals surface area contributed by atoms with Gasteiger partial charge in [-0.2, -0.15) is 0 Å². The summed E-state index contributed by atoms with van der Waals surface area (Å²) in [4.78, 5) is 29.5. The van der Waals surface area contributed by atoms with Gasteiger partial charge in [0.25, 0.3) is 5.91 Å². The van der Waals surface area contributed by atoms with Crippen LogP contribution < -0.4 is 4.90 Å². The van der Waals surface area contributed by atoms with E-state index < -0.39 is 0 Å². The van der Waals surface area contributed by atoms with Crippen LogP contribution in [0.3, 0.4) is 0 Å². The van der Waals surface area contributed by atoms with Gasteiger partial charge in [0, 0.05) is 38.6 Å². The van der Waals surface area contributed by atoms with E-state index in [9.17, 15) is 4.79 Å². The third kappa shape index (κ3) is 3.96. The molecule has 1 fully saturated rings. The van der Waals surface area contributed by atoms with E-state index in [4.69, 9.17) is 11.6 Å². The number of aromatic nitrogens is 3. The van der Waals surface area contributed by atoms with Gasteiger partial charge in [0.15, 0.2) is 5.16 Å². The van der Waals surface area contributed by atoms with Crippen molar-refractivity contribution in [3.8, 4) is 0 Å². The highest BCUT2D eigenvalue weighted by molar-refractivity contribution is 7.98. The fourth-order valence-electron chi connectivity index (χ4n) is 2.62. The Morgan fingerprint density at radius 2 is 2.04 bits per heavy atom. The average molecular weight is 364 g/mol. The number of nitrogens with zero attached hydrogens (tertiary/aromatic N) is 5. The Balaban J connectivity index is 1.68. The molecule has 0 spiro atoms. The molecule has 2 aromatic rings. The number of rotatable bonds is 3. The first-order chi connectivity index (χ1) is 11.7. The maximum Gasteiger partial charge on any atom is 0.272 e. The Labute approximate surface area is 150 Å². The summed E-state index contributed by atoms with van der Waals surface area (Å²) in [5.41, 5.74) is 0.430. The van der Waals surface area contributed by atoms with Gasteiger partial charge in [0.05, 0.1) is 5.02 Å². The summed E-state index contributed by atoms with van der Waals surface area (Å²) in [6.45, 7) is 2.95. The van der Waals surface area contributed by atoms with Gasteiger partial charge in [-0.1, -0.05) is 23.4 Å². The van der Waals surface area contributed by atoms with Gasteiger partial charge in [-0.25, -0.2) is 15.0 Å². The normalized spacial score (nSPS) is 15.2. The van der Waals surface area contributed by atoms with Gasteiger partial charge in [-0.15, -0.1) is 0 Å². The second-order valence-electron chi connectivity index (χ2n) is 5.40. The molecule has 0 aromatic carbocycles. The molecule has 24 heavy (non-hydrogen) atoms. The molecule has 0 saturated carbocycles. The largest absolute Gasteiger partial charge is 0.355 e. The number of hydrogen-bond acceptors (Lipinski definition) is 6. The molecular weight excluding hydrogens is 346 g/mol. The molecule has 3 heterocycles. The summed E-state index contributed by atoms with van der Waals surface area (Å²) in [5.74, 6) is 0.856. The van der Waals surface area contributed by atoms with Gasteiger partial charge in [0.1, 0.15) is 11.5 Å². The molecule has 1 amide bonds. The molecule has 2 aromatic heterocycles. The summed E-state index contributed by atoms with van der Waals surface area (Å²) in [5, 5.41) is 1.29. The number of pyridine rings is 1. The lowest BCUT2D eigenvalue weighted by molar-refractivity contribution is 0.0761. The molecular formula is C16H18ClN5OS. The molecule has 126 valence electrons. The van der Waals surface area contributed by atoms with Crippen LogP contribution in [0.25, 0.3) is 0 Å². The monoisotopic (exact) mass is 363 g/mol. The molecule has 0 radical (unpaired) electrons. The fraction of sp³-hybridized carbons (Fsp3) is 0.375. The van der Waals surface area contributed by atoms with Crippen LogP contribution in [0.15, 0.2) is 35.7 Å². The standard InChI is InChI=1S/C16H18ClN5OS/c1-24-16-18-6-5-14(20-16)21-7-2-8-22(10-9-21)15(23)13-4-3-12(17)11-19-13/h3-6,11H,2,7-10H2,1H3. The molecule has 8 heteroatoms. The highest BCUT2D eigenvalue weighted by Gasteiger charge is 2.22. The van der Waals surface area contributed by atoms with Crippen LogP contribution in [-0.2, 0) is 0 Å². The highest BCUT2D eigenvalue weighted by atomic mass is 35.5. The quantitative estimate of drug-likeness (QED) is 0.617. The Hall–Kier alpha value is -1.86. The Morgan fingerprint density at radius 1 is 1.17 bits per heavy atom. The van der Waals surface area contributed by atoms with E-state index in [-0.39, 0.29) is 5.91 Å². The van der Waals surface area contributed by atoms with Gasteiger partial charge in [-0.05, 0) is 30.9 Å². The van der Waals surface area contributed by atoms with Crippen molar-refractivity contribution >= 4 is 35.1 Å². The molecule has 0 N–H and O–H groups in total. The molecule has 6 nitrogen and oxygen atoms in total. The zero-order valence-corrected chi connectivity index (χ0v) is 14.9. The number of amides is 1. The fourth-order valence-corrected chi connectivity index (χ4v) is 3.08. The lowest BCUT2D eigenvalue weighted by Crippen LogP contribution is -2.35. The number of halogens is 1. The molecule has 0 aliphatic carbocycles. The summed E-state index contributed by atoms with van der Waals surface area (Å²) in [6.07, 6.45) is 6.13. The van der Waals surface area contributed by atoms with E-state index in [1.807, 2.05) is 17.2 Å². The average Bonchev–Trinajstić information content (AvgIpc) is 2.88. The van der Waals surface area contributed by atoms with E-state index >= 15 is 0 Å². The molecule has 0 atom stereocenters. The van der Waals surface area contributed by atoms with Crippen molar-refractivity contribution in [2.75, 3.05) is 37.3 Å². The van der Waals surface area contributed by atoms with Crippen molar-refractivity contribution in [3.63, 3.8) is 0 Å². The summed E-state index contributed by atoms with van der Waals surface area (Å²) < 4.78 is 0. The summed E-state index contributed by atoms with van der Waals surface area (Å²) >= 11 is 7.36. The Bertz CT molecular complexity index is 712. The van der Waals surface area contributed by atoms with Crippen LogP contribution in [0.5, 0.6) is 0 Å². The maximum atomic E-state index is 12.6. The highest BCUT2D eigenvalue weighted by Crippen LogP contribution is 2.17. The van der Waals surface area contributed by atoms with Gasteiger partial charge >= 0.3 is 0 Å². The number of carbonyl (C=O) groups excluding carboxylic acids is 1. The van der Waals surface area contributed by atoms with Crippen molar-refractivity contribution in [2.24, 2.45) is 0 Å². The lowest BCUT2D eigenvalue weighted by atomic mass is 10.3. The van der Waals surface area contributed by atoms with Crippen LogP contribution in [0.4, 0.5) is 5.82 Å². The van der Waals surface area contributed by atoms with Gasteiger partial charge in [0.2, 0.25) is 0 Å². The van der Waals surface area contributed by atoms with Crippen molar-refractivity contribution in [3.05, 3.63) is 41.3 Å². The van der Waals surface area contributed by atoms with Gasteiger partial charge in [-0.3, -0.25) is 4.79 Å². The number of anilines is 1. The topological polar surface area (TPSA) is 62.2 Å². The predicted octanol–water partition coefficient (Wildman–Crippen LogP) is 2.60. The summed E-state index contributed by atoms with van der Waals surface area (Å²) in [6, 6.07) is 5.27. The molecule has 3 rings (SSSR count). The first kappa shape index (κ1) is 17.0. The van der Waals surface area contributed by atoms with Crippen molar-refractivity contribution in [1.82, 2.24) is 19.9 Å². The van der Waals surface area contributed by atoms with Crippen LogP contribution in [0.1, 0.15) is 16.9 Å². The molecule has 1 aliphatic rings. The Morgan fingerprint density at radius 3 is 2.79 bits per heavy atom. The molecule has 0 bridgehead atoms. The van der Waals surface area contributed by atoms with Crippen molar-refractivity contribution in [2.45, 2.75) is 11.6 Å². The van der Waals surface area contributed by atoms with E-state index in [1.165, 1.54) is 18.0 Å². The van der Waals surface area contributed by atoms with Crippen molar-refractivity contribution in [1.29, 1.82) is 0 Å². The number of thioether (sulfide) groups is 1. The van der Waals surface area contributed by atoms with E-state index in [2.05, 4.69) is 19.9 Å². The first-order valence-corrected chi connectivity index (χ1v) is 9.30. The van der Waals surface area contributed by atoms with Crippen LogP contribution in [-0.4, -0.2) is 58.2 Å².